The Morgan fingerprint density at radius 2 is 1.91 bits per heavy atom. The second-order valence-electron chi connectivity index (χ2n) is 3.74. The number of rotatable bonds is 2. The van der Waals surface area contributed by atoms with E-state index in [9.17, 15) is 8.78 Å². The van der Waals surface area contributed by atoms with Crippen molar-refractivity contribution in [2.75, 3.05) is 0 Å². The van der Waals surface area contributed by atoms with Crippen LogP contribution < -0.4 is 0 Å². The first-order valence-electron chi connectivity index (χ1n) is 3.46. The van der Waals surface area contributed by atoms with Crippen molar-refractivity contribution < 1.29 is 8.78 Å². The lowest BCUT2D eigenvalue weighted by Gasteiger charge is -2.17. The Morgan fingerprint density at radius 3 is 2.00 bits per heavy atom. The summed E-state index contributed by atoms with van der Waals surface area (Å²) in [6, 6.07) is 0. The largest absolute Gasteiger partial charge is 0.308 e. The van der Waals surface area contributed by atoms with E-state index in [4.69, 9.17) is 0 Å². The summed E-state index contributed by atoms with van der Waals surface area (Å²) in [4.78, 5) is 0. The maximum absolute atomic E-state index is 12.7. The van der Waals surface area contributed by atoms with E-state index in [1.807, 2.05) is 36.4 Å². The number of hydrogen-bond donors (Lipinski definition) is 0. The summed E-state index contributed by atoms with van der Waals surface area (Å²) in [5.74, 6) is 0.204. The lowest BCUT2D eigenvalue weighted by atomic mass is 10.1. The summed E-state index contributed by atoms with van der Waals surface area (Å²) in [6.45, 7) is 4.09. The summed E-state index contributed by atoms with van der Waals surface area (Å²) in [5, 5.41) is 0. The maximum Gasteiger partial charge on any atom is 0.308 e. The maximum atomic E-state index is 12.7. The zero-order valence-electron chi connectivity index (χ0n) is 6.37. The average molecular weight is 386 g/mol. The molecule has 0 heterocycles. The number of halogens is 4. The zero-order valence-corrected chi connectivity index (χ0v) is 10.7. The quantitative estimate of drug-likeness (QED) is 0.500. The SMILES string of the molecule is CC1(C)CC1C(I)C(F)(F)I. The average Bonchev–Trinajstić information content (AvgIpc) is 2.36. The molecule has 66 valence electrons. The molecule has 1 fully saturated rings. The van der Waals surface area contributed by atoms with Crippen LogP contribution in [0, 0.1) is 11.3 Å². The van der Waals surface area contributed by atoms with Crippen molar-refractivity contribution in [1.82, 2.24) is 0 Å². The summed E-state index contributed by atoms with van der Waals surface area (Å²) < 4.78 is 22.4. The first kappa shape index (κ1) is 10.4. The summed E-state index contributed by atoms with van der Waals surface area (Å²) in [6.07, 6.45) is 0.944. The van der Waals surface area contributed by atoms with Crippen molar-refractivity contribution in [2.24, 2.45) is 11.3 Å². The van der Waals surface area contributed by atoms with E-state index in [0.717, 1.165) is 6.42 Å². The van der Waals surface area contributed by atoms with Gasteiger partial charge in [0.25, 0.3) is 0 Å². The van der Waals surface area contributed by atoms with Crippen LogP contribution in [0.5, 0.6) is 0 Å². The number of alkyl halides is 4. The highest BCUT2D eigenvalue weighted by atomic mass is 127. The third-order valence-electron chi connectivity index (χ3n) is 2.26. The van der Waals surface area contributed by atoms with Gasteiger partial charge in [-0.3, -0.25) is 0 Å². The normalized spacial score (nSPS) is 31.6. The third kappa shape index (κ3) is 2.38. The Morgan fingerprint density at radius 1 is 1.55 bits per heavy atom. The van der Waals surface area contributed by atoms with Crippen molar-refractivity contribution >= 4 is 45.2 Å². The van der Waals surface area contributed by atoms with Crippen molar-refractivity contribution in [2.45, 2.75) is 28.1 Å². The minimum Gasteiger partial charge on any atom is -0.194 e. The molecule has 0 amide bonds. The summed E-state index contributed by atoms with van der Waals surface area (Å²) >= 11 is 3.10. The fraction of sp³-hybridized carbons (Fsp3) is 1.00. The Balaban J connectivity index is 2.52. The van der Waals surface area contributed by atoms with Crippen LogP contribution in [-0.4, -0.2) is 7.85 Å². The van der Waals surface area contributed by atoms with Gasteiger partial charge in [0.1, 0.15) is 0 Å². The fourth-order valence-corrected chi connectivity index (χ4v) is 2.90. The molecule has 2 unspecified atom stereocenters. The van der Waals surface area contributed by atoms with Crippen LogP contribution in [0.3, 0.4) is 0 Å². The minimum absolute atomic E-state index is 0.153. The molecule has 0 aromatic heterocycles. The molecule has 4 heteroatoms. The molecular weight excluding hydrogens is 376 g/mol. The lowest BCUT2D eigenvalue weighted by Crippen LogP contribution is -2.24. The van der Waals surface area contributed by atoms with Gasteiger partial charge >= 0.3 is 3.93 Å². The molecule has 1 rings (SSSR count). The van der Waals surface area contributed by atoms with Gasteiger partial charge in [-0.15, -0.1) is 0 Å². The van der Waals surface area contributed by atoms with Crippen LogP contribution in [0.1, 0.15) is 20.3 Å². The Bertz CT molecular complexity index is 162. The molecule has 0 radical (unpaired) electrons. The Labute approximate surface area is 92.8 Å². The lowest BCUT2D eigenvalue weighted by molar-refractivity contribution is 0.118. The van der Waals surface area contributed by atoms with Gasteiger partial charge in [-0.25, -0.2) is 0 Å². The van der Waals surface area contributed by atoms with Gasteiger partial charge in [-0.2, -0.15) is 8.78 Å². The topological polar surface area (TPSA) is 0 Å². The molecule has 0 spiro atoms. The standard InChI is InChI=1S/C7H10F2I2/c1-6(2)3-4(6)5(10)7(8,9)11/h4-5H,3H2,1-2H3. The highest BCUT2D eigenvalue weighted by molar-refractivity contribution is 14.1. The van der Waals surface area contributed by atoms with E-state index >= 15 is 0 Å². The van der Waals surface area contributed by atoms with Crippen molar-refractivity contribution in [3.05, 3.63) is 0 Å². The van der Waals surface area contributed by atoms with E-state index in [0.29, 0.717) is 0 Å². The van der Waals surface area contributed by atoms with E-state index in [-0.39, 0.29) is 11.3 Å². The Hall–Kier alpha value is 1.32. The van der Waals surface area contributed by atoms with Crippen LogP contribution >= 0.6 is 45.2 Å². The van der Waals surface area contributed by atoms with Crippen molar-refractivity contribution in [3.8, 4) is 0 Å². The molecule has 0 saturated heterocycles. The second kappa shape index (κ2) is 2.92. The molecule has 2 atom stereocenters. The molecule has 1 aliphatic carbocycles. The molecule has 1 saturated carbocycles. The smallest absolute Gasteiger partial charge is 0.194 e. The molecule has 0 aromatic rings. The van der Waals surface area contributed by atoms with Crippen LogP contribution in [0.4, 0.5) is 8.78 Å². The predicted octanol–water partition coefficient (Wildman–Crippen LogP) is 3.86. The molecule has 0 nitrogen and oxygen atoms in total. The second-order valence-corrected chi connectivity index (χ2v) is 6.52. The monoisotopic (exact) mass is 386 g/mol. The van der Waals surface area contributed by atoms with E-state index < -0.39 is 7.85 Å². The fourth-order valence-electron chi connectivity index (χ4n) is 1.24. The van der Waals surface area contributed by atoms with Gasteiger partial charge in [-0.05, 0) is 40.3 Å². The van der Waals surface area contributed by atoms with E-state index in [1.54, 1.807) is 0 Å². The van der Waals surface area contributed by atoms with Crippen LogP contribution in [-0.2, 0) is 0 Å². The van der Waals surface area contributed by atoms with Crippen LogP contribution in [0.2, 0.25) is 0 Å². The predicted molar refractivity (Wildman–Crippen MR) is 58.7 cm³/mol. The van der Waals surface area contributed by atoms with Gasteiger partial charge < -0.3 is 0 Å². The van der Waals surface area contributed by atoms with E-state index in [1.165, 1.54) is 22.6 Å². The van der Waals surface area contributed by atoms with Gasteiger partial charge in [-0.1, -0.05) is 36.4 Å². The number of hydrogen-bond acceptors (Lipinski definition) is 0. The summed E-state index contributed by atoms with van der Waals surface area (Å²) in [5.41, 5.74) is 0.153. The van der Waals surface area contributed by atoms with E-state index in [2.05, 4.69) is 0 Å². The molecule has 0 N–H and O–H groups in total. The molecule has 0 bridgehead atoms. The first-order valence-corrected chi connectivity index (χ1v) is 5.78. The van der Waals surface area contributed by atoms with Gasteiger partial charge in [0, 0.05) is 0 Å². The highest BCUT2D eigenvalue weighted by Gasteiger charge is 2.56. The molecule has 11 heavy (non-hydrogen) atoms. The third-order valence-corrected chi connectivity index (χ3v) is 5.77. The van der Waals surface area contributed by atoms with Crippen molar-refractivity contribution in [1.29, 1.82) is 0 Å². The highest BCUT2D eigenvalue weighted by Crippen LogP contribution is 2.59. The zero-order chi connectivity index (χ0) is 8.86. The first-order chi connectivity index (χ1) is 4.75. The van der Waals surface area contributed by atoms with Crippen LogP contribution in [0.15, 0.2) is 0 Å². The summed E-state index contributed by atoms with van der Waals surface area (Å²) in [7, 11) is 0. The minimum atomic E-state index is -2.54. The molecule has 1 aliphatic rings. The van der Waals surface area contributed by atoms with Crippen molar-refractivity contribution in [3.63, 3.8) is 0 Å². The molecule has 0 aliphatic heterocycles. The van der Waals surface area contributed by atoms with Gasteiger partial charge in [0.05, 0.1) is 3.92 Å². The van der Waals surface area contributed by atoms with Gasteiger partial charge in [0.15, 0.2) is 0 Å². The molecular formula is C7H10F2I2. The molecule has 0 aromatic carbocycles. The van der Waals surface area contributed by atoms with Gasteiger partial charge in [0.2, 0.25) is 0 Å². The Kier molecular flexibility index (Phi) is 2.76. The van der Waals surface area contributed by atoms with Crippen LogP contribution in [0.25, 0.3) is 0 Å².